The van der Waals surface area contributed by atoms with Crippen LogP contribution >= 0.6 is 0 Å². The minimum Gasteiger partial charge on any atom is -0.360 e. The number of rotatable bonds is 3. The highest BCUT2D eigenvalue weighted by Gasteiger charge is 2.35. The summed E-state index contributed by atoms with van der Waals surface area (Å²) < 4.78 is 39.6. The predicted molar refractivity (Wildman–Crippen MR) is 105 cm³/mol. The molecule has 152 valence electrons. The fourth-order valence-electron chi connectivity index (χ4n) is 3.83. The molecule has 1 aromatic carbocycles. The molecule has 1 aliphatic heterocycles. The summed E-state index contributed by atoms with van der Waals surface area (Å²) in [6, 6.07) is 8.10. The van der Waals surface area contributed by atoms with Gasteiger partial charge in [-0.2, -0.15) is 13.2 Å². The molecule has 0 spiro atoms. The van der Waals surface area contributed by atoms with E-state index in [1.54, 1.807) is 12.1 Å². The number of likely N-dealkylation sites (tertiary alicyclic amines) is 1. The largest absolute Gasteiger partial charge is 0.417 e. The molecule has 29 heavy (non-hydrogen) atoms. The van der Waals surface area contributed by atoms with Gasteiger partial charge in [-0.05, 0) is 68.7 Å². The molecule has 1 aliphatic rings. The summed E-state index contributed by atoms with van der Waals surface area (Å²) in [6.07, 6.45) is -0.632. The number of anilines is 1. The Balaban J connectivity index is 1.61. The molecule has 3 heterocycles. The first-order chi connectivity index (χ1) is 13.8. The molecule has 0 saturated carbocycles. The number of pyridine rings is 1. The van der Waals surface area contributed by atoms with Crippen LogP contribution in [0.3, 0.4) is 0 Å². The van der Waals surface area contributed by atoms with Crippen molar-refractivity contribution in [1.29, 1.82) is 0 Å². The minimum atomic E-state index is -4.60. The van der Waals surface area contributed by atoms with Crippen molar-refractivity contribution in [2.45, 2.75) is 24.9 Å². The summed E-state index contributed by atoms with van der Waals surface area (Å²) in [5, 5.41) is 2.52. The number of fused-ring (bicyclic) bond motifs is 1. The topological polar surface area (TPSA) is 61.0 Å². The van der Waals surface area contributed by atoms with E-state index in [0.29, 0.717) is 5.92 Å². The van der Waals surface area contributed by atoms with Gasteiger partial charge in [0.1, 0.15) is 5.82 Å². The molecule has 2 N–H and O–H groups in total. The molecule has 1 saturated heterocycles. The number of amides is 1. The van der Waals surface area contributed by atoms with Crippen LogP contribution < -0.4 is 5.32 Å². The maximum Gasteiger partial charge on any atom is 0.417 e. The Kier molecular flexibility index (Phi) is 5.04. The average Bonchev–Trinajstić information content (AvgIpc) is 3.11. The van der Waals surface area contributed by atoms with Crippen LogP contribution in [0.4, 0.5) is 19.0 Å². The third-order valence-electron chi connectivity index (χ3n) is 5.43. The fraction of sp³-hybridized carbons (Fsp3) is 0.333. The monoisotopic (exact) mass is 402 g/mol. The summed E-state index contributed by atoms with van der Waals surface area (Å²) in [6.45, 7) is 2.00. The zero-order chi connectivity index (χ0) is 20.6. The number of H-pyrrole nitrogens is 1. The van der Waals surface area contributed by atoms with Crippen molar-refractivity contribution in [3.8, 4) is 0 Å². The quantitative estimate of drug-likeness (QED) is 0.671. The molecule has 2 aromatic heterocycles. The number of nitrogens with zero attached hydrogens (tertiary/aromatic N) is 2. The van der Waals surface area contributed by atoms with E-state index in [1.165, 1.54) is 12.1 Å². The van der Waals surface area contributed by atoms with E-state index < -0.39 is 23.2 Å². The van der Waals surface area contributed by atoms with Gasteiger partial charge in [-0.15, -0.1) is 0 Å². The van der Waals surface area contributed by atoms with E-state index in [1.807, 2.05) is 6.20 Å². The van der Waals surface area contributed by atoms with E-state index in [4.69, 9.17) is 0 Å². The number of benzene rings is 1. The number of alkyl halides is 3. The van der Waals surface area contributed by atoms with Crippen LogP contribution in [0, 0.1) is 0 Å². The SMILES string of the molecule is CN1CCC(c2c[nH]c3ccc(NC(=O)c4ccccc4C(F)(F)F)nc23)CC1. The van der Waals surface area contributed by atoms with Gasteiger partial charge in [0, 0.05) is 6.20 Å². The van der Waals surface area contributed by atoms with Crippen LogP contribution in [0.5, 0.6) is 0 Å². The summed E-state index contributed by atoms with van der Waals surface area (Å²) >= 11 is 0. The van der Waals surface area contributed by atoms with Crippen molar-refractivity contribution >= 4 is 22.8 Å². The van der Waals surface area contributed by atoms with E-state index in [2.05, 4.69) is 27.2 Å². The molecule has 0 atom stereocenters. The third-order valence-corrected chi connectivity index (χ3v) is 5.43. The van der Waals surface area contributed by atoms with E-state index >= 15 is 0 Å². The highest BCUT2D eigenvalue weighted by molar-refractivity contribution is 6.05. The predicted octanol–water partition coefficient (Wildman–Crippen LogP) is 4.64. The van der Waals surface area contributed by atoms with Gasteiger partial charge in [0.15, 0.2) is 0 Å². The normalized spacial score (nSPS) is 16.3. The van der Waals surface area contributed by atoms with Crippen molar-refractivity contribution < 1.29 is 18.0 Å². The Bertz CT molecular complexity index is 1040. The van der Waals surface area contributed by atoms with Crippen LogP contribution in [0.2, 0.25) is 0 Å². The van der Waals surface area contributed by atoms with Gasteiger partial charge >= 0.3 is 6.18 Å². The number of aromatic nitrogens is 2. The number of hydrogen-bond acceptors (Lipinski definition) is 3. The maximum atomic E-state index is 13.2. The molecule has 0 aliphatic carbocycles. The molecule has 4 rings (SSSR count). The Labute approximate surface area is 165 Å². The third kappa shape index (κ3) is 3.98. The zero-order valence-electron chi connectivity index (χ0n) is 15.9. The average molecular weight is 402 g/mol. The van der Waals surface area contributed by atoms with E-state index in [9.17, 15) is 18.0 Å². The van der Waals surface area contributed by atoms with E-state index in [0.717, 1.165) is 54.7 Å². The second-order valence-electron chi connectivity index (χ2n) is 7.41. The second-order valence-corrected chi connectivity index (χ2v) is 7.41. The van der Waals surface area contributed by atoms with Crippen molar-refractivity contribution in [1.82, 2.24) is 14.9 Å². The molecular formula is C21H21F3N4O. The highest BCUT2D eigenvalue weighted by atomic mass is 19.4. The number of nitrogens with one attached hydrogen (secondary N) is 2. The van der Waals surface area contributed by atoms with Crippen LogP contribution in [-0.2, 0) is 6.18 Å². The summed E-state index contributed by atoms with van der Waals surface area (Å²) in [7, 11) is 2.09. The Hall–Kier alpha value is -2.87. The lowest BCUT2D eigenvalue weighted by atomic mass is 9.91. The lowest BCUT2D eigenvalue weighted by molar-refractivity contribution is -0.137. The highest BCUT2D eigenvalue weighted by Crippen LogP contribution is 2.34. The summed E-state index contributed by atoms with van der Waals surface area (Å²) in [5.41, 5.74) is 1.28. The Morgan fingerprint density at radius 2 is 1.90 bits per heavy atom. The smallest absolute Gasteiger partial charge is 0.360 e. The zero-order valence-corrected chi connectivity index (χ0v) is 15.9. The number of halogens is 3. The van der Waals surface area contributed by atoms with Crippen molar-refractivity contribution in [3.05, 3.63) is 59.3 Å². The lowest BCUT2D eigenvalue weighted by Gasteiger charge is -2.28. The second kappa shape index (κ2) is 7.51. The van der Waals surface area contributed by atoms with Gasteiger partial charge in [-0.1, -0.05) is 12.1 Å². The molecule has 0 radical (unpaired) electrons. The molecule has 8 heteroatoms. The first-order valence-electron chi connectivity index (χ1n) is 9.47. The van der Waals surface area contributed by atoms with Gasteiger partial charge in [0.25, 0.3) is 5.91 Å². The van der Waals surface area contributed by atoms with Gasteiger partial charge < -0.3 is 15.2 Å². The number of hydrogen-bond donors (Lipinski definition) is 2. The number of aromatic amines is 1. The molecule has 1 amide bonds. The molecule has 0 bridgehead atoms. The van der Waals surface area contributed by atoms with Gasteiger partial charge in [-0.3, -0.25) is 4.79 Å². The van der Waals surface area contributed by atoms with Crippen LogP contribution in [0.25, 0.3) is 11.0 Å². The van der Waals surface area contributed by atoms with Gasteiger partial charge in [0.2, 0.25) is 0 Å². The summed E-state index contributed by atoms with van der Waals surface area (Å²) in [5.74, 6) is -0.237. The minimum absolute atomic E-state index is 0.230. The molecule has 0 unspecified atom stereocenters. The van der Waals surface area contributed by atoms with Gasteiger partial charge in [-0.25, -0.2) is 4.98 Å². The van der Waals surface area contributed by atoms with Crippen molar-refractivity contribution in [3.63, 3.8) is 0 Å². The first-order valence-corrected chi connectivity index (χ1v) is 9.47. The summed E-state index contributed by atoms with van der Waals surface area (Å²) in [4.78, 5) is 22.5. The Morgan fingerprint density at radius 1 is 1.17 bits per heavy atom. The van der Waals surface area contributed by atoms with Crippen LogP contribution in [0.1, 0.15) is 40.2 Å². The molecule has 1 fully saturated rings. The van der Waals surface area contributed by atoms with Crippen LogP contribution in [0.15, 0.2) is 42.6 Å². The molecular weight excluding hydrogens is 381 g/mol. The van der Waals surface area contributed by atoms with Crippen molar-refractivity contribution in [2.75, 3.05) is 25.5 Å². The maximum absolute atomic E-state index is 13.2. The van der Waals surface area contributed by atoms with Crippen molar-refractivity contribution in [2.24, 2.45) is 0 Å². The standard InChI is InChI=1S/C21H21F3N4O/c1-28-10-8-13(9-11-28)15-12-25-17-6-7-18(26-19(15)17)27-20(29)14-4-2-3-5-16(14)21(22,23)24/h2-7,12-13,25H,8-11H2,1H3,(H,26,27,29). The molecule has 5 nitrogen and oxygen atoms in total. The van der Waals surface area contributed by atoms with E-state index in [-0.39, 0.29) is 5.82 Å². The number of carbonyl (C=O) groups is 1. The van der Waals surface area contributed by atoms with Crippen LogP contribution in [-0.4, -0.2) is 40.9 Å². The number of piperidine rings is 1. The fourth-order valence-corrected chi connectivity index (χ4v) is 3.83. The molecule has 3 aromatic rings. The number of carbonyl (C=O) groups excluding carboxylic acids is 1. The van der Waals surface area contributed by atoms with Gasteiger partial charge in [0.05, 0.1) is 22.2 Å². The Morgan fingerprint density at radius 3 is 2.62 bits per heavy atom. The lowest BCUT2D eigenvalue weighted by Crippen LogP contribution is -2.29. The first kappa shape index (κ1) is 19.4.